The first-order chi connectivity index (χ1) is 13.3. The van der Waals surface area contributed by atoms with Gasteiger partial charge >= 0.3 is 0 Å². The maximum absolute atomic E-state index is 12.9. The van der Waals surface area contributed by atoms with Gasteiger partial charge in [0.2, 0.25) is 10.0 Å². The molecule has 0 radical (unpaired) electrons. The molecule has 1 aliphatic heterocycles. The highest BCUT2D eigenvalue weighted by molar-refractivity contribution is 7.89. The van der Waals surface area contributed by atoms with Crippen LogP contribution in [0.15, 0.2) is 41.3 Å². The molecule has 1 N–H and O–H groups in total. The molecular weight excluding hydrogens is 423 g/mol. The van der Waals surface area contributed by atoms with Crippen LogP contribution >= 0.6 is 23.2 Å². The average molecular weight is 443 g/mol. The number of carbonyl (C=O) groups is 1. The minimum Gasteiger partial charge on any atom is -0.379 e. The lowest BCUT2D eigenvalue weighted by atomic mass is 10.1. The maximum Gasteiger partial charge on any atom is 0.257 e. The number of hydrogen-bond acceptors (Lipinski definition) is 4. The van der Waals surface area contributed by atoms with Crippen LogP contribution in [0.4, 0.5) is 5.69 Å². The van der Waals surface area contributed by atoms with Gasteiger partial charge in [0.15, 0.2) is 0 Å². The van der Waals surface area contributed by atoms with Gasteiger partial charge in [0.05, 0.1) is 28.8 Å². The van der Waals surface area contributed by atoms with E-state index in [1.54, 1.807) is 12.1 Å². The molecule has 2 aromatic carbocycles. The van der Waals surface area contributed by atoms with Crippen molar-refractivity contribution in [3.63, 3.8) is 0 Å². The predicted octanol–water partition coefficient (Wildman–Crippen LogP) is 3.83. The van der Waals surface area contributed by atoms with Gasteiger partial charge < -0.3 is 10.1 Å². The largest absolute Gasteiger partial charge is 0.379 e. The molecule has 1 heterocycles. The maximum atomic E-state index is 12.9. The van der Waals surface area contributed by atoms with E-state index in [-0.39, 0.29) is 33.6 Å². The van der Waals surface area contributed by atoms with Crippen LogP contribution in [-0.2, 0) is 21.2 Å². The van der Waals surface area contributed by atoms with Crippen LogP contribution in [0.1, 0.15) is 22.8 Å². The van der Waals surface area contributed by atoms with Gasteiger partial charge in [-0.15, -0.1) is 0 Å². The zero-order valence-corrected chi connectivity index (χ0v) is 17.6. The third-order valence-electron chi connectivity index (χ3n) is 4.47. The lowest BCUT2D eigenvalue weighted by molar-refractivity contribution is 0.0730. The van der Waals surface area contributed by atoms with Gasteiger partial charge in [0.25, 0.3) is 5.91 Å². The lowest BCUT2D eigenvalue weighted by Gasteiger charge is -2.26. The van der Waals surface area contributed by atoms with Crippen LogP contribution in [0, 0.1) is 0 Å². The van der Waals surface area contributed by atoms with Crippen LogP contribution in [0.25, 0.3) is 0 Å². The van der Waals surface area contributed by atoms with E-state index >= 15 is 0 Å². The highest BCUT2D eigenvalue weighted by Gasteiger charge is 2.30. The molecule has 1 aliphatic rings. The Morgan fingerprint density at radius 3 is 2.36 bits per heavy atom. The number of amides is 1. The summed E-state index contributed by atoms with van der Waals surface area (Å²) in [6.45, 7) is 3.12. The molecule has 0 spiro atoms. The van der Waals surface area contributed by atoms with Crippen molar-refractivity contribution in [1.29, 1.82) is 0 Å². The highest BCUT2D eigenvalue weighted by atomic mass is 35.5. The van der Waals surface area contributed by atoms with Gasteiger partial charge in [-0.25, -0.2) is 8.42 Å². The van der Waals surface area contributed by atoms with Crippen molar-refractivity contribution in [3.05, 3.63) is 57.6 Å². The summed E-state index contributed by atoms with van der Waals surface area (Å²) in [6, 6.07) is 9.90. The number of halogens is 2. The number of nitrogens with one attached hydrogen (secondary N) is 1. The number of nitrogens with zero attached hydrogens (tertiary/aromatic N) is 1. The van der Waals surface area contributed by atoms with Crippen LogP contribution in [-0.4, -0.2) is 44.9 Å². The van der Waals surface area contributed by atoms with Gasteiger partial charge in [-0.05, 0) is 36.2 Å². The summed E-state index contributed by atoms with van der Waals surface area (Å²) in [6.07, 6.45) is 0.889. The number of morpholine rings is 1. The number of benzene rings is 2. The quantitative estimate of drug-likeness (QED) is 0.762. The first kappa shape index (κ1) is 21.1. The summed E-state index contributed by atoms with van der Waals surface area (Å²) >= 11 is 12.3. The molecule has 0 aromatic heterocycles. The normalized spacial score (nSPS) is 15.4. The number of sulfonamides is 1. The summed E-state index contributed by atoms with van der Waals surface area (Å²) < 4.78 is 32.4. The smallest absolute Gasteiger partial charge is 0.257 e. The van der Waals surface area contributed by atoms with E-state index in [9.17, 15) is 13.2 Å². The van der Waals surface area contributed by atoms with Gasteiger partial charge in [-0.2, -0.15) is 4.31 Å². The summed E-state index contributed by atoms with van der Waals surface area (Å²) in [7, 11) is -3.86. The minimum atomic E-state index is -3.86. The van der Waals surface area contributed by atoms with E-state index in [1.807, 2.05) is 19.1 Å². The molecule has 0 aliphatic carbocycles. The monoisotopic (exact) mass is 442 g/mol. The Bertz CT molecular complexity index is 972. The zero-order valence-electron chi connectivity index (χ0n) is 15.2. The third-order valence-corrected chi connectivity index (χ3v) is 7.15. The Morgan fingerprint density at radius 2 is 1.75 bits per heavy atom. The summed E-state index contributed by atoms with van der Waals surface area (Å²) in [5.41, 5.74) is 1.77. The molecular formula is C19H20Cl2N2O4S. The van der Waals surface area contributed by atoms with Crippen molar-refractivity contribution >= 4 is 44.8 Å². The molecule has 0 bridgehead atoms. The fourth-order valence-electron chi connectivity index (χ4n) is 2.85. The molecule has 9 heteroatoms. The zero-order chi connectivity index (χ0) is 20.3. The lowest BCUT2D eigenvalue weighted by Crippen LogP contribution is -2.40. The number of ether oxygens (including phenoxy) is 1. The van der Waals surface area contributed by atoms with Gasteiger partial charge in [0, 0.05) is 18.8 Å². The molecule has 2 aromatic rings. The Labute approximate surface area is 174 Å². The molecule has 1 fully saturated rings. The molecule has 6 nitrogen and oxygen atoms in total. The molecule has 1 amide bonds. The fourth-order valence-corrected chi connectivity index (χ4v) is 5.09. The van der Waals surface area contributed by atoms with Crippen molar-refractivity contribution in [3.8, 4) is 0 Å². The Hall–Kier alpha value is -1.64. The van der Waals surface area contributed by atoms with Gasteiger partial charge in [-0.3, -0.25) is 4.79 Å². The van der Waals surface area contributed by atoms with Crippen molar-refractivity contribution in [2.75, 3.05) is 31.6 Å². The fraction of sp³-hybridized carbons (Fsp3) is 0.316. The summed E-state index contributed by atoms with van der Waals surface area (Å²) in [5, 5.41) is 2.78. The van der Waals surface area contributed by atoms with E-state index in [0.717, 1.165) is 12.0 Å². The van der Waals surface area contributed by atoms with Gasteiger partial charge in [0.1, 0.15) is 4.90 Å². The second-order valence-corrected chi connectivity index (χ2v) is 9.00. The predicted molar refractivity (Wildman–Crippen MR) is 110 cm³/mol. The second kappa shape index (κ2) is 8.80. The van der Waals surface area contributed by atoms with E-state index in [0.29, 0.717) is 18.9 Å². The minimum absolute atomic E-state index is 0.0275. The molecule has 0 unspecified atom stereocenters. The van der Waals surface area contributed by atoms with E-state index in [4.69, 9.17) is 27.9 Å². The summed E-state index contributed by atoms with van der Waals surface area (Å²) in [4.78, 5) is 12.5. The second-order valence-electron chi connectivity index (χ2n) is 6.28. The van der Waals surface area contributed by atoms with E-state index in [2.05, 4.69) is 5.32 Å². The van der Waals surface area contributed by atoms with Crippen LogP contribution in [0.3, 0.4) is 0 Å². The molecule has 3 rings (SSSR count). The number of carbonyl (C=O) groups excluding carboxylic acids is 1. The molecule has 0 atom stereocenters. The number of anilines is 1. The van der Waals surface area contributed by atoms with Crippen molar-refractivity contribution in [1.82, 2.24) is 4.31 Å². The Morgan fingerprint density at radius 1 is 1.11 bits per heavy atom. The highest BCUT2D eigenvalue weighted by Crippen LogP contribution is 2.31. The standard InChI is InChI=1S/C19H20Cl2N2O4S/c1-2-13-3-5-14(6-4-13)22-19(24)15-11-18(17(21)12-16(15)20)28(25,26)23-7-9-27-10-8-23/h3-6,11-12H,2,7-10H2,1H3,(H,22,24). The first-order valence-corrected chi connectivity index (χ1v) is 11.0. The van der Waals surface area contributed by atoms with Crippen LogP contribution in [0.2, 0.25) is 10.0 Å². The molecule has 28 heavy (non-hydrogen) atoms. The Balaban J connectivity index is 1.90. The Kier molecular flexibility index (Phi) is 6.62. The topological polar surface area (TPSA) is 75.7 Å². The van der Waals surface area contributed by atoms with Crippen LogP contribution < -0.4 is 5.32 Å². The van der Waals surface area contributed by atoms with Crippen molar-refractivity contribution in [2.45, 2.75) is 18.2 Å². The molecule has 0 saturated carbocycles. The summed E-state index contributed by atoms with van der Waals surface area (Å²) in [5.74, 6) is -0.510. The number of rotatable bonds is 5. The third kappa shape index (κ3) is 4.50. The van der Waals surface area contributed by atoms with E-state index < -0.39 is 15.9 Å². The SMILES string of the molecule is CCc1ccc(NC(=O)c2cc(S(=O)(=O)N3CCOCC3)c(Cl)cc2Cl)cc1. The van der Waals surface area contributed by atoms with E-state index in [1.165, 1.54) is 16.4 Å². The molecule has 1 saturated heterocycles. The first-order valence-electron chi connectivity index (χ1n) is 8.80. The average Bonchev–Trinajstić information content (AvgIpc) is 2.69. The number of hydrogen-bond donors (Lipinski definition) is 1. The molecule has 150 valence electrons. The van der Waals surface area contributed by atoms with Gasteiger partial charge in [-0.1, -0.05) is 42.3 Å². The van der Waals surface area contributed by atoms with Crippen molar-refractivity contribution in [2.24, 2.45) is 0 Å². The number of aryl methyl sites for hydroxylation is 1. The van der Waals surface area contributed by atoms with Crippen LogP contribution in [0.5, 0.6) is 0 Å². The van der Waals surface area contributed by atoms with Crippen molar-refractivity contribution < 1.29 is 17.9 Å².